The van der Waals surface area contributed by atoms with E-state index in [1.165, 1.54) is 0 Å². The van der Waals surface area contributed by atoms with Gasteiger partial charge in [0.2, 0.25) is 0 Å². The lowest BCUT2D eigenvalue weighted by Gasteiger charge is -2.30. The molecule has 0 aliphatic rings. The monoisotopic (exact) mass is 208 g/mol. The van der Waals surface area contributed by atoms with Crippen molar-refractivity contribution in [2.24, 2.45) is 5.73 Å². The second-order valence-electron chi connectivity index (χ2n) is 3.97. The van der Waals surface area contributed by atoms with E-state index in [4.69, 9.17) is 5.73 Å². The Morgan fingerprint density at radius 2 is 1.87 bits per heavy atom. The van der Waals surface area contributed by atoms with Crippen LogP contribution in [0.3, 0.4) is 0 Å². The Morgan fingerprint density at radius 1 is 1.27 bits per heavy atom. The molecule has 0 saturated carbocycles. The van der Waals surface area contributed by atoms with Crippen molar-refractivity contribution in [2.75, 3.05) is 18.0 Å². The van der Waals surface area contributed by atoms with Gasteiger partial charge in [-0.3, -0.25) is 0 Å². The van der Waals surface area contributed by atoms with Crippen LogP contribution in [0.2, 0.25) is 0 Å². The van der Waals surface area contributed by atoms with Gasteiger partial charge in [-0.05, 0) is 26.0 Å². The van der Waals surface area contributed by atoms with Crippen molar-refractivity contribution in [3.63, 3.8) is 0 Å². The molecule has 84 valence electrons. The summed E-state index contributed by atoms with van der Waals surface area (Å²) in [5.41, 5.74) is 6.55. The van der Waals surface area contributed by atoms with E-state index in [0.29, 0.717) is 19.1 Å². The Balaban J connectivity index is 2.75. The Bertz CT molecular complexity index is 274. The summed E-state index contributed by atoms with van der Waals surface area (Å²) in [6.45, 7) is 5.10. The van der Waals surface area contributed by atoms with Gasteiger partial charge < -0.3 is 15.7 Å². The fourth-order valence-electron chi connectivity index (χ4n) is 1.54. The van der Waals surface area contributed by atoms with Crippen LogP contribution in [0, 0.1) is 0 Å². The highest BCUT2D eigenvalue weighted by Gasteiger charge is 2.13. The normalized spacial score (nSPS) is 12.9. The highest BCUT2D eigenvalue weighted by Crippen LogP contribution is 2.16. The number of hydrogen-bond donors (Lipinski definition) is 2. The Labute approximate surface area is 91.5 Å². The molecular formula is C12H20N2O. The van der Waals surface area contributed by atoms with E-state index in [9.17, 15) is 5.11 Å². The summed E-state index contributed by atoms with van der Waals surface area (Å²) in [4.78, 5) is 2.15. The number of anilines is 1. The summed E-state index contributed by atoms with van der Waals surface area (Å²) < 4.78 is 0. The van der Waals surface area contributed by atoms with E-state index in [1.54, 1.807) is 0 Å². The summed E-state index contributed by atoms with van der Waals surface area (Å²) in [6, 6.07) is 10.4. The van der Waals surface area contributed by atoms with Crippen LogP contribution in [0.5, 0.6) is 0 Å². The zero-order valence-corrected chi connectivity index (χ0v) is 9.43. The largest absolute Gasteiger partial charge is 0.390 e. The van der Waals surface area contributed by atoms with Crippen LogP contribution >= 0.6 is 0 Å². The molecule has 0 aliphatic carbocycles. The predicted octanol–water partition coefficient (Wildman–Crippen LogP) is 1.22. The van der Waals surface area contributed by atoms with E-state index >= 15 is 0 Å². The Hall–Kier alpha value is -1.06. The number of hydrogen-bond acceptors (Lipinski definition) is 3. The predicted molar refractivity (Wildman–Crippen MR) is 64.0 cm³/mol. The molecule has 0 saturated heterocycles. The van der Waals surface area contributed by atoms with Gasteiger partial charge in [-0.25, -0.2) is 0 Å². The van der Waals surface area contributed by atoms with Gasteiger partial charge in [-0.1, -0.05) is 18.2 Å². The molecule has 1 aromatic carbocycles. The summed E-state index contributed by atoms with van der Waals surface area (Å²) in [5.74, 6) is 0. The molecule has 0 radical (unpaired) electrons. The van der Waals surface area contributed by atoms with Crippen LogP contribution in [-0.4, -0.2) is 30.3 Å². The maximum atomic E-state index is 9.57. The third kappa shape index (κ3) is 3.53. The van der Waals surface area contributed by atoms with Gasteiger partial charge in [-0.15, -0.1) is 0 Å². The van der Waals surface area contributed by atoms with E-state index in [2.05, 4.69) is 18.7 Å². The SMILES string of the molecule is CC(C)N(CC(O)CN)c1ccccc1. The summed E-state index contributed by atoms with van der Waals surface area (Å²) in [7, 11) is 0. The fraction of sp³-hybridized carbons (Fsp3) is 0.500. The van der Waals surface area contributed by atoms with Crippen LogP contribution < -0.4 is 10.6 Å². The molecule has 0 bridgehead atoms. The highest BCUT2D eigenvalue weighted by molar-refractivity contribution is 5.46. The molecule has 0 heterocycles. The molecule has 0 spiro atoms. The molecule has 1 aromatic rings. The molecule has 1 atom stereocenters. The molecule has 1 rings (SSSR count). The van der Waals surface area contributed by atoms with Gasteiger partial charge in [0, 0.05) is 24.8 Å². The third-order valence-corrected chi connectivity index (χ3v) is 2.39. The third-order valence-electron chi connectivity index (χ3n) is 2.39. The van der Waals surface area contributed by atoms with Crippen molar-refractivity contribution >= 4 is 5.69 Å². The summed E-state index contributed by atoms with van der Waals surface area (Å²) in [5, 5.41) is 9.57. The average molecular weight is 208 g/mol. The number of nitrogens with two attached hydrogens (primary N) is 1. The van der Waals surface area contributed by atoms with E-state index in [1.807, 2.05) is 30.3 Å². The van der Waals surface area contributed by atoms with Crippen molar-refractivity contribution in [3.8, 4) is 0 Å². The molecule has 3 heteroatoms. The van der Waals surface area contributed by atoms with Gasteiger partial charge in [-0.2, -0.15) is 0 Å². The molecule has 15 heavy (non-hydrogen) atoms. The van der Waals surface area contributed by atoms with E-state index in [0.717, 1.165) is 5.69 Å². The van der Waals surface area contributed by atoms with Crippen molar-refractivity contribution in [2.45, 2.75) is 26.0 Å². The van der Waals surface area contributed by atoms with Crippen molar-refractivity contribution < 1.29 is 5.11 Å². The minimum absolute atomic E-state index is 0.302. The summed E-state index contributed by atoms with van der Waals surface area (Å²) >= 11 is 0. The van der Waals surface area contributed by atoms with Gasteiger partial charge in [0.15, 0.2) is 0 Å². The molecule has 1 unspecified atom stereocenters. The molecule has 3 N–H and O–H groups in total. The molecule has 0 fully saturated rings. The number of aliphatic hydroxyl groups is 1. The Kier molecular flexibility index (Phi) is 4.59. The van der Waals surface area contributed by atoms with Crippen LogP contribution in [0.4, 0.5) is 5.69 Å². The molecule has 0 amide bonds. The van der Waals surface area contributed by atoms with E-state index < -0.39 is 6.10 Å². The van der Waals surface area contributed by atoms with Crippen LogP contribution in [0.1, 0.15) is 13.8 Å². The molecule has 3 nitrogen and oxygen atoms in total. The van der Waals surface area contributed by atoms with Gasteiger partial charge >= 0.3 is 0 Å². The van der Waals surface area contributed by atoms with Crippen molar-refractivity contribution in [1.29, 1.82) is 0 Å². The summed E-state index contributed by atoms with van der Waals surface area (Å²) in [6.07, 6.45) is -0.465. The zero-order valence-electron chi connectivity index (χ0n) is 9.43. The van der Waals surface area contributed by atoms with Gasteiger partial charge in [0.1, 0.15) is 0 Å². The first-order chi connectivity index (χ1) is 7.15. The maximum absolute atomic E-state index is 9.57. The van der Waals surface area contributed by atoms with Crippen LogP contribution in [0.15, 0.2) is 30.3 Å². The number of nitrogens with zero attached hydrogens (tertiary/aromatic N) is 1. The quantitative estimate of drug-likeness (QED) is 0.765. The number of benzene rings is 1. The standard InChI is InChI=1S/C12H20N2O/c1-10(2)14(9-12(15)8-13)11-6-4-3-5-7-11/h3-7,10,12,15H,8-9,13H2,1-2H3. The van der Waals surface area contributed by atoms with E-state index in [-0.39, 0.29) is 0 Å². The lowest BCUT2D eigenvalue weighted by atomic mass is 10.2. The number of rotatable bonds is 5. The first-order valence-electron chi connectivity index (χ1n) is 5.35. The smallest absolute Gasteiger partial charge is 0.0837 e. The topological polar surface area (TPSA) is 49.5 Å². The molecule has 0 aromatic heterocycles. The fourth-order valence-corrected chi connectivity index (χ4v) is 1.54. The van der Waals surface area contributed by atoms with Crippen molar-refractivity contribution in [3.05, 3.63) is 30.3 Å². The van der Waals surface area contributed by atoms with Crippen molar-refractivity contribution in [1.82, 2.24) is 0 Å². The first-order valence-corrected chi connectivity index (χ1v) is 5.35. The lowest BCUT2D eigenvalue weighted by Crippen LogP contribution is -2.40. The van der Waals surface area contributed by atoms with Gasteiger partial charge in [0.05, 0.1) is 6.10 Å². The average Bonchev–Trinajstić information content (AvgIpc) is 2.26. The van der Waals surface area contributed by atoms with Gasteiger partial charge in [0.25, 0.3) is 0 Å². The van der Waals surface area contributed by atoms with Crippen LogP contribution in [0.25, 0.3) is 0 Å². The minimum atomic E-state index is -0.465. The first kappa shape index (κ1) is 12.0. The number of aliphatic hydroxyl groups excluding tert-OH is 1. The maximum Gasteiger partial charge on any atom is 0.0837 e. The minimum Gasteiger partial charge on any atom is -0.390 e. The molecular weight excluding hydrogens is 188 g/mol. The number of para-hydroxylation sites is 1. The second-order valence-corrected chi connectivity index (χ2v) is 3.97. The highest BCUT2D eigenvalue weighted by atomic mass is 16.3. The Morgan fingerprint density at radius 3 is 2.33 bits per heavy atom. The molecule has 0 aliphatic heterocycles. The second kappa shape index (κ2) is 5.73. The lowest BCUT2D eigenvalue weighted by molar-refractivity contribution is 0.186. The van der Waals surface area contributed by atoms with Crippen LogP contribution in [-0.2, 0) is 0 Å². The zero-order chi connectivity index (χ0) is 11.3.